The Morgan fingerprint density at radius 2 is 2.21 bits per heavy atom. The zero-order valence-electron chi connectivity index (χ0n) is 9.88. The molecule has 0 saturated heterocycles. The van der Waals surface area contributed by atoms with Gasteiger partial charge in [0.05, 0.1) is 16.6 Å². The van der Waals surface area contributed by atoms with E-state index in [1.165, 1.54) is 6.07 Å². The molecular weight excluding hydrogens is 315 g/mol. The molecule has 0 saturated carbocycles. The molecule has 2 heterocycles. The molecule has 7 heteroatoms. The van der Waals surface area contributed by atoms with Crippen molar-refractivity contribution >= 4 is 21.8 Å². The van der Waals surface area contributed by atoms with Gasteiger partial charge in [-0.15, -0.1) is 10.2 Å². The molecule has 0 unspecified atom stereocenters. The lowest BCUT2D eigenvalue weighted by Crippen LogP contribution is -2.38. The second kappa shape index (κ2) is 4.73. The van der Waals surface area contributed by atoms with E-state index in [0.29, 0.717) is 24.1 Å². The third kappa shape index (κ3) is 2.14. The molecule has 3 rings (SSSR count). The second-order valence-corrected chi connectivity index (χ2v) is 5.12. The van der Waals surface area contributed by atoms with Crippen LogP contribution in [-0.4, -0.2) is 32.1 Å². The average Bonchev–Trinajstić information content (AvgIpc) is 2.88. The number of aromatic nitrogens is 3. The first-order valence-electron chi connectivity index (χ1n) is 5.77. The van der Waals surface area contributed by atoms with Crippen LogP contribution < -0.4 is 0 Å². The lowest BCUT2D eigenvalue weighted by atomic mass is 10.1. The number of hydrogen-bond donors (Lipinski definition) is 0. The second-order valence-electron chi connectivity index (χ2n) is 4.27. The molecule has 0 spiro atoms. The molecule has 1 aliphatic heterocycles. The average molecular weight is 325 g/mol. The highest BCUT2D eigenvalue weighted by atomic mass is 79.9. The summed E-state index contributed by atoms with van der Waals surface area (Å²) in [5, 5.41) is 7.73. The van der Waals surface area contributed by atoms with E-state index in [0.717, 1.165) is 5.82 Å². The molecule has 0 aliphatic carbocycles. The molecule has 0 N–H and O–H groups in total. The van der Waals surface area contributed by atoms with Crippen molar-refractivity contribution in [1.29, 1.82) is 0 Å². The molecule has 98 valence electrons. The van der Waals surface area contributed by atoms with Crippen LogP contribution in [0.5, 0.6) is 0 Å². The highest BCUT2D eigenvalue weighted by Crippen LogP contribution is 2.21. The maximum Gasteiger partial charge on any atom is 0.257 e. The van der Waals surface area contributed by atoms with Crippen LogP contribution >= 0.6 is 15.9 Å². The van der Waals surface area contributed by atoms with E-state index < -0.39 is 5.82 Å². The summed E-state index contributed by atoms with van der Waals surface area (Å²) >= 11 is 3.09. The summed E-state index contributed by atoms with van der Waals surface area (Å²) in [6.45, 7) is 1.50. The van der Waals surface area contributed by atoms with Gasteiger partial charge in [0.1, 0.15) is 12.1 Å². The topological polar surface area (TPSA) is 51.0 Å². The number of amides is 1. The Hall–Kier alpha value is -1.76. The van der Waals surface area contributed by atoms with Gasteiger partial charge >= 0.3 is 0 Å². The summed E-state index contributed by atoms with van der Waals surface area (Å²) < 4.78 is 16.1. The Morgan fingerprint density at radius 3 is 3.05 bits per heavy atom. The summed E-state index contributed by atoms with van der Waals surface area (Å²) in [5.74, 6) is -0.136. The maximum atomic E-state index is 13.9. The van der Waals surface area contributed by atoms with E-state index in [4.69, 9.17) is 0 Å². The van der Waals surface area contributed by atoms with Crippen LogP contribution in [-0.2, 0) is 13.1 Å². The van der Waals surface area contributed by atoms with Crippen LogP contribution in [0.2, 0.25) is 0 Å². The Kier molecular flexibility index (Phi) is 3.06. The number of nitrogens with zero attached hydrogens (tertiary/aromatic N) is 4. The van der Waals surface area contributed by atoms with Crippen LogP contribution in [0.15, 0.2) is 29.0 Å². The van der Waals surface area contributed by atoms with Gasteiger partial charge in [-0.25, -0.2) is 4.39 Å². The number of halogens is 2. The lowest BCUT2D eigenvalue weighted by Gasteiger charge is -2.27. The lowest BCUT2D eigenvalue weighted by molar-refractivity contribution is 0.0702. The van der Waals surface area contributed by atoms with E-state index in [2.05, 4.69) is 26.1 Å². The third-order valence-electron chi connectivity index (χ3n) is 3.11. The molecule has 1 amide bonds. The Morgan fingerprint density at radius 1 is 1.37 bits per heavy atom. The van der Waals surface area contributed by atoms with Crippen LogP contribution in [0.1, 0.15) is 16.2 Å². The Bertz CT molecular complexity index is 642. The van der Waals surface area contributed by atoms with Crippen LogP contribution in [0.4, 0.5) is 4.39 Å². The van der Waals surface area contributed by atoms with Gasteiger partial charge in [0, 0.05) is 13.1 Å². The van der Waals surface area contributed by atoms with Crippen LogP contribution in [0, 0.1) is 5.82 Å². The summed E-state index contributed by atoms with van der Waals surface area (Å²) in [5.41, 5.74) is 0.0716. The summed E-state index contributed by atoms with van der Waals surface area (Å²) in [6.07, 6.45) is 1.64. The van der Waals surface area contributed by atoms with Gasteiger partial charge in [0.25, 0.3) is 5.91 Å². The van der Waals surface area contributed by atoms with Gasteiger partial charge in [-0.1, -0.05) is 6.07 Å². The molecule has 0 radical (unpaired) electrons. The molecule has 0 bridgehead atoms. The summed E-state index contributed by atoms with van der Waals surface area (Å²) in [6, 6.07) is 4.70. The number of hydrogen-bond acceptors (Lipinski definition) is 3. The van der Waals surface area contributed by atoms with Gasteiger partial charge in [0.15, 0.2) is 5.82 Å². The largest absolute Gasteiger partial charge is 0.329 e. The van der Waals surface area contributed by atoms with Crippen LogP contribution in [0.3, 0.4) is 0 Å². The van der Waals surface area contributed by atoms with E-state index >= 15 is 0 Å². The minimum absolute atomic E-state index is 0.0716. The molecule has 0 fully saturated rings. The predicted molar refractivity (Wildman–Crippen MR) is 68.9 cm³/mol. The van der Waals surface area contributed by atoms with Crippen molar-refractivity contribution < 1.29 is 9.18 Å². The fourth-order valence-corrected chi connectivity index (χ4v) is 2.45. The SMILES string of the molecule is O=C(c1cccc(Br)c1F)N1CCn2cnnc2C1. The summed E-state index contributed by atoms with van der Waals surface area (Å²) in [7, 11) is 0. The Labute approximate surface area is 117 Å². The minimum Gasteiger partial charge on any atom is -0.329 e. The number of carbonyl (C=O) groups is 1. The fourth-order valence-electron chi connectivity index (χ4n) is 2.08. The van der Waals surface area contributed by atoms with Gasteiger partial charge in [-0.3, -0.25) is 4.79 Å². The van der Waals surface area contributed by atoms with Crippen molar-refractivity contribution in [3.63, 3.8) is 0 Å². The van der Waals surface area contributed by atoms with Gasteiger partial charge in [-0.05, 0) is 28.1 Å². The molecule has 1 aromatic carbocycles. The molecular formula is C12H10BrFN4O. The standard InChI is InChI=1S/C12H10BrFN4O/c13-9-3-1-2-8(11(9)14)12(19)17-4-5-18-7-15-16-10(18)6-17/h1-3,7H,4-6H2. The first kappa shape index (κ1) is 12.3. The number of rotatable bonds is 1. The highest BCUT2D eigenvalue weighted by Gasteiger charge is 2.25. The van der Waals surface area contributed by atoms with E-state index in [9.17, 15) is 9.18 Å². The Balaban J connectivity index is 1.88. The van der Waals surface area contributed by atoms with Crippen LogP contribution in [0.25, 0.3) is 0 Å². The first-order valence-corrected chi connectivity index (χ1v) is 6.56. The number of carbonyl (C=O) groups excluding carboxylic acids is 1. The zero-order valence-corrected chi connectivity index (χ0v) is 11.5. The van der Waals surface area contributed by atoms with Crippen molar-refractivity contribution in [2.24, 2.45) is 0 Å². The smallest absolute Gasteiger partial charge is 0.257 e. The van der Waals surface area contributed by atoms with Crippen molar-refractivity contribution in [1.82, 2.24) is 19.7 Å². The van der Waals surface area contributed by atoms with Crippen molar-refractivity contribution in [3.05, 3.63) is 46.2 Å². The molecule has 2 aromatic rings. The highest BCUT2D eigenvalue weighted by molar-refractivity contribution is 9.10. The molecule has 19 heavy (non-hydrogen) atoms. The minimum atomic E-state index is -0.528. The van der Waals surface area contributed by atoms with Crippen molar-refractivity contribution in [2.75, 3.05) is 6.54 Å². The first-order chi connectivity index (χ1) is 9.16. The predicted octanol–water partition coefficient (Wildman–Crippen LogP) is 1.84. The van der Waals surface area contributed by atoms with Gasteiger partial charge in [0.2, 0.25) is 0 Å². The quantitative estimate of drug-likeness (QED) is 0.804. The van der Waals surface area contributed by atoms with Crippen molar-refractivity contribution in [3.8, 4) is 0 Å². The molecule has 5 nitrogen and oxygen atoms in total. The maximum absolute atomic E-state index is 13.9. The normalized spacial score (nSPS) is 14.3. The zero-order chi connectivity index (χ0) is 13.4. The fraction of sp³-hybridized carbons (Fsp3) is 0.250. The van der Waals surface area contributed by atoms with Gasteiger partial charge in [-0.2, -0.15) is 0 Å². The molecule has 1 aliphatic rings. The van der Waals surface area contributed by atoms with Gasteiger partial charge < -0.3 is 9.47 Å². The monoisotopic (exact) mass is 324 g/mol. The van der Waals surface area contributed by atoms with E-state index in [-0.39, 0.29) is 11.5 Å². The number of fused-ring (bicyclic) bond motifs is 1. The molecule has 1 aromatic heterocycles. The van der Waals surface area contributed by atoms with E-state index in [1.807, 2.05) is 4.57 Å². The third-order valence-corrected chi connectivity index (χ3v) is 3.72. The van der Waals surface area contributed by atoms with Crippen molar-refractivity contribution in [2.45, 2.75) is 13.1 Å². The summed E-state index contributed by atoms with van der Waals surface area (Å²) in [4.78, 5) is 13.9. The molecule has 0 atom stereocenters. The number of benzene rings is 1. The van der Waals surface area contributed by atoms with E-state index in [1.54, 1.807) is 23.4 Å².